The molecule has 0 saturated carbocycles. The molecule has 10 aromatic rings. The Bertz CT molecular complexity index is 2720. The molecule has 0 unspecified atom stereocenters. The third kappa shape index (κ3) is 5.75. The SMILES string of the molecule is c1ccc([Si](c2ccccc2)(c2ccccc2)c2cc[c]([Ge]([c]3ccccc3)([c]3ccccc3)[c]3ccc(-n4c5ccccc5c5ccccc54)cc3)cc2)cc1. The first-order chi connectivity index (χ1) is 28.3. The van der Waals surface area contributed by atoms with E-state index < -0.39 is 21.3 Å². The summed E-state index contributed by atoms with van der Waals surface area (Å²) in [6.07, 6.45) is 0. The van der Waals surface area contributed by atoms with E-state index in [1.165, 1.54) is 65.8 Å². The second kappa shape index (κ2) is 14.9. The third-order valence-corrected chi connectivity index (χ3v) is 26.8. The zero-order valence-corrected chi connectivity index (χ0v) is 34.7. The van der Waals surface area contributed by atoms with E-state index in [0.717, 1.165) is 0 Å². The normalized spacial score (nSPS) is 11.9. The molecule has 0 aliphatic heterocycles. The van der Waals surface area contributed by atoms with Crippen molar-refractivity contribution in [2.45, 2.75) is 0 Å². The Labute approximate surface area is 338 Å². The van der Waals surface area contributed by atoms with Gasteiger partial charge in [-0.05, 0) is 0 Å². The number of para-hydroxylation sites is 2. The Morgan fingerprint density at radius 2 is 0.561 bits per heavy atom. The van der Waals surface area contributed by atoms with E-state index in [0.29, 0.717) is 0 Å². The standard InChI is InChI=1S/C54H41GeNSi/c1-6-20-42(21-7-1)55(43-22-8-2-9-23-43,44-34-38-46(39-35-44)56-53-32-18-16-30-51(53)52-31-17-19-33-54(52)56)45-36-40-50(41-37-45)57(47-24-10-3-11-25-47,48-26-12-4-13-27-48)49-28-14-5-15-29-49/h1-41H. The Hall–Kier alpha value is -6.46. The molecule has 0 fully saturated rings. The van der Waals surface area contributed by atoms with Gasteiger partial charge in [0.2, 0.25) is 0 Å². The van der Waals surface area contributed by atoms with Crippen LogP contribution in [0.3, 0.4) is 0 Å². The van der Waals surface area contributed by atoms with Crippen LogP contribution in [-0.2, 0) is 0 Å². The Balaban J connectivity index is 1.21. The average Bonchev–Trinajstić information content (AvgIpc) is 3.64. The maximum absolute atomic E-state index is 3.61. The van der Waals surface area contributed by atoms with Gasteiger partial charge in [-0.15, -0.1) is 0 Å². The first-order valence-electron chi connectivity index (χ1n) is 19.8. The summed E-state index contributed by atoms with van der Waals surface area (Å²) in [5.41, 5.74) is 3.63. The molecule has 10 rings (SSSR count). The maximum atomic E-state index is 2.49. The van der Waals surface area contributed by atoms with Crippen LogP contribution in [0.1, 0.15) is 0 Å². The van der Waals surface area contributed by atoms with Gasteiger partial charge >= 0.3 is 340 Å². The molecule has 57 heavy (non-hydrogen) atoms. The molecule has 0 bridgehead atoms. The van der Waals surface area contributed by atoms with E-state index in [1.54, 1.807) is 0 Å². The van der Waals surface area contributed by atoms with E-state index >= 15 is 0 Å². The zero-order valence-electron chi connectivity index (χ0n) is 31.6. The van der Waals surface area contributed by atoms with Crippen LogP contribution in [0.25, 0.3) is 27.5 Å². The second-order valence-electron chi connectivity index (χ2n) is 14.8. The fourth-order valence-corrected chi connectivity index (χ4v) is 24.1. The Morgan fingerprint density at radius 3 is 0.965 bits per heavy atom. The molecule has 0 saturated heterocycles. The van der Waals surface area contributed by atoms with Gasteiger partial charge in [-0.25, -0.2) is 0 Å². The van der Waals surface area contributed by atoms with Gasteiger partial charge < -0.3 is 0 Å². The summed E-state index contributed by atoms with van der Waals surface area (Å²) in [5, 5.41) is 8.09. The molecule has 1 nitrogen and oxygen atoms in total. The number of aromatic nitrogens is 1. The first-order valence-corrected chi connectivity index (χ1v) is 26.0. The summed E-state index contributed by atoms with van der Waals surface area (Å²) in [7, 11) is -2.69. The molecule has 270 valence electrons. The number of benzene rings is 9. The minimum absolute atomic E-state index is 1.17. The number of hydrogen-bond donors (Lipinski definition) is 0. The van der Waals surface area contributed by atoms with Crippen molar-refractivity contribution in [2.75, 3.05) is 0 Å². The van der Waals surface area contributed by atoms with Gasteiger partial charge in [-0.2, -0.15) is 0 Å². The molecule has 0 N–H and O–H groups in total. The summed E-state index contributed by atoms with van der Waals surface area (Å²) in [4.78, 5) is 0. The Kier molecular flexibility index (Phi) is 9.14. The van der Waals surface area contributed by atoms with Gasteiger partial charge in [0.1, 0.15) is 0 Å². The van der Waals surface area contributed by atoms with Crippen LogP contribution in [0.15, 0.2) is 249 Å². The predicted octanol–water partition coefficient (Wildman–Crippen LogP) is 7.54. The predicted molar refractivity (Wildman–Crippen MR) is 248 cm³/mol. The van der Waals surface area contributed by atoms with Crippen molar-refractivity contribution in [1.82, 2.24) is 4.57 Å². The Morgan fingerprint density at radius 1 is 0.263 bits per heavy atom. The summed E-state index contributed by atoms with van der Waals surface area (Å²) in [6.45, 7) is 0. The molecule has 0 atom stereocenters. The van der Waals surface area contributed by atoms with Crippen LogP contribution in [0.2, 0.25) is 0 Å². The molecule has 1 heterocycles. The van der Waals surface area contributed by atoms with Crippen molar-refractivity contribution < 1.29 is 0 Å². The van der Waals surface area contributed by atoms with Gasteiger partial charge in [0.25, 0.3) is 0 Å². The summed E-state index contributed by atoms with van der Waals surface area (Å²) < 4.78 is 8.07. The van der Waals surface area contributed by atoms with Crippen molar-refractivity contribution in [2.24, 2.45) is 0 Å². The van der Waals surface area contributed by atoms with Crippen LogP contribution in [0.4, 0.5) is 0 Å². The summed E-state index contributed by atoms with van der Waals surface area (Å²) >= 11 is -3.61. The molecule has 0 aliphatic carbocycles. The van der Waals surface area contributed by atoms with Crippen molar-refractivity contribution in [3.05, 3.63) is 249 Å². The van der Waals surface area contributed by atoms with Gasteiger partial charge in [0.05, 0.1) is 0 Å². The minimum atomic E-state index is -3.61. The van der Waals surface area contributed by atoms with Crippen LogP contribution >= 0.6 is 0 Å². The van der Waals surface area contributed by atoms with Crippen LogP contribution < -0.4 is 38.3 Å². The van der Waals surface area contributed by atoms with E-state index in [9.17, 15) is 0 Å². The van der Waals surface area contributed by atoms with Crippen molar-refractivity contribution in [3.63, 3.8) is 0 Å². The topological polar surface area (TPSA) is 4.93 Å². The van der Waals surface area contributed by atoms with Crippen LogP contribution in [0, 0.1) is 0 Å². The molecule has 9 aromatic carbocycles. The first kappa shape index (κ1) is 35.0. The van der Waals surface area contributed by atoms with Gasteiger partial charge in [0, 0.05) is 0 Å². The number of hydrogen-bond acceptors (Lipinski definition) is 0. The average molecular weight is 805 g/mol. The quantitative estimate of drug-likeness (QED) is 0.105. The molecule has 3 heteroatoms. The summed E-state index contributed by atoms with van der Waals surface area (Å²) in [6, 6.07) is 93.4. The molecular weight excluding hydrogens is 763 g/mol. The van der Waals surface area contributed by atoms with E-state index in [2.05, 4.69) is 253 Å². The molecule has 0 radical (unpaired) electrons. The zero-order chi connectivity index (χ0) is 38.1. The number of fused-ring (bicyclic) bond motifs is 3. The molecule has 1 aromatic heterocycles. The third-order valence-electron chi connectivity index (χ3n) is 11.9. The molecule has 0 spiro atoms. The van der Waals surface area contributed by atoms with Gasteiger partial charge in [0.15, 0.2) is 0 Å². The van der Waals surface area contributed by atoms with Crippen molar-refractivity contribution in [1.29, 1.82) is 0 Å². The fourth-order valence-electron chi connectivity index (χ4n) is 9.47. The molecule has 0 aliphatic rings. The van der Waals surface area contributed by atoms with E-state index in [-0.39, 0.29) is 0 Å². The molecular formula is C54H41GeNSi. The van der Waals surface area contributed by atoms with E-state index in [1.807, 2.05) is 0 Å². The fraction of sp³-hybridized carbons (Fsp3) is 0. The van der Waals surface area contributed by atoms with Crippen molar-refractivity contribution in [3.8, 4) is 5.69 Å². The number of rotatable bonds is 9. The van der Waals surface area contributed by atoms with Crippen LogP contribution in [-0.4, -0.2) is 25.9 Å². The number of nitrogens with zero attached hydrogens (tertiary/aromatic N) is 1. The van der Waals surface area contributed by atoms with E-state index in [4.69, 9.17) is 0 Å². The second-order valence-corrected chi connectivity index (χ2v) is 26.6. The van der Waals surface area contributed by atoms with Gasteiger partial charge in [-0.1, -0.05) is 0 Å². The monoisotopic (exact) mass is 805 g/mol. The van der Waals surface area contributed by atoms with Crippen LogP contribution in [0.5, 0.6) is 0 Å². The van der Waals surface area contributed by atoms with Gasteiger partial charge in [-0.3, -0.25) is 0 Å². The van der Waals surface area contributed by atoms with Crippen molar-refractivity contribution >= 4 is 81.5 Å². The summed E-state index contributed by atoms with van der Waals surface area (Å²) in [5.74, 6) is 0. The molecule has 0 amide bonds.